The predicted molar refractivity (Wildman–Crippen MR) is 97.9 cm³/mol. The predicted octanol–water partition coefficient (Wildman–Crippen LogP) is -0.326. The third-order valence-corrected chi connectivity index (χ3v) is 7.11. The second kappa shape index (κ2) is 8.96. The van der Waals surface area contributed by atoms with E-state index >= 15 is 0 Å². The summed E-state index contributed by atoms with van der Waals surface area (Å²) in [6.07, 6.45) is 3.93. The Morgan fingerprint density at radius 1 is 1.30 bits per heavy atom. The summed E-state index contributed by atoms with van der Waals surface area (Å²) in [7, 11) is 0.478. The molecule has 140 valence electrons. The fourth-order valence-electron chi connectivity index (χ4n) is 2.89. The van der Waals surface area contributed by atoms with Crippen molar-refractivity contribution >= 4 is 32.8 Å². The first-order valence-electron chi connectivity index (χ1n) is 8.19. The van der Waals surface area contributed by atoms with Crippen LogP contribution in [-0.4, -0.2) is 38.4 Å². The van der Waals surface area contributed by atoms with E-state index < -0.39 is 21.4 Å². The summed E-state index contributed by atoms with van der Waals surface area (Å²) >= 11 is 6.43. The smallest absolute Gasteiger partial charge is 0.858 e. The molecule has 0 bridgehead atoms. The van der Waals surface area contributed by atoms with E-state index in [2.05, 4.69) is 9.46 Å². The van der Waals surface area contributed by atoms with Crippen LogP contribution in [0.25, 0.3) is 0 Å². The Morgan fingerprint density at radius 2 is 1.96 bits per heavy atom. The first kappa shape index (κ1) is 22.2. The molecule has 1 aliphatic rings. The third-order valence-electron chi connectivity index (χ3n) is 4.36. The van der Waals surface area contributed by atoms with Crippen molar-refractivity contribution in [1.82, 2.24) is 9.78 Å². The zero-order valence-corrected chi connectivity index (χ0v) is 19.1. The van der Waals surface area contributed by atoms with Crippen LogP contribution in [0.3, 0.4) is 0 Å². The van der Waals surface area contributed by atoms with Crippen LogP contribution in [0.4, 0.5) is 5.69 Å². The van der Waals surface area contributed by atoms with E-state index in [0.29, 0.717) is 17.3 Å². The first-order valence-corrected chi connectivity index (χ1v) is 10.4. The number of hydrogen-bond donors (Lipinski definition) is 0. The number of rotatable bonds is 4. The molecule has 0 unspecified atom stereocenters. The van der Waals surface area contributed by atoms with Gasteiger partial charge in [0.05, 0.1) is 33.6 Å². The van der Waals surface area contributed by atoms with E-state index in [1.165, 1.54) is 26.4 Å². The Kier molecular flexibility index (Phi) is 7.38. The van der Waals surface area contributed by atoms with Gasteiger partial charge in [-0.2, -0.15) is 9.46 Å². The van der Waals surface area contributed by atoms with Crippen molar-refractivity contribution in [2.75, 3.05) is 18.6 Å². The summed E-state index contributed by atoms with van der Waals surface area (Å²) in [4.78, 5) is 12.7. The first-order chi connectivity index (χ1) is 12.4. The van der Waals surface area contributed by atoms with E-state index in [1.807, 2.05) is 0 Å². The maximum absolute atomic E-state index is 13.0. The quantitative estimate of drug-likeness (QED) is 0.499. The van der Waals surface area contributed by atoms with Crippen molar-refractivity contribution in [1.29, 1.82) is 0 Å². The normalized spacial score (nSPS) is 15.7. The number of nitrogens with zero attached hydrogens (tertiary/aromatic N) is 3. The van der Waals surface area contributed by atoms with Gasteiger partial charge >= 0.3 is 29.6 Å². The van der Waals surface area contributed by atoms with Crippen LogP contribution < -0.4 is 39.4 Å². The molecule has 0 radical (unpaired) electrons. The number of halogens is 1. The van der Waals surface area contributed by atoms with Gasteiger partial charge in [-0.15, -0.1) is 0 Å². The molecule has 0 saturated carbocycles. The number of carbonyl (C=O) groups excluding carboxylic acids is 1. The van der Waals surface area contributed by atoms with Gasteiger partial charge in [-0.1, -0.05) is 18.0 Å². The number of aromatic nitrogens is 2. The molecular formula is C17H19ClN3NaO4S. The van der Waals surface area contributed by atoms with Crippen LogP contribution in [0.5, 0.6) is 11.6 Å². The van der Waals surface area contributed by atoms with Gasteiger partial charge in [0.2, 0.25) is 0 Å². The van der Waals surface area contributed by atoms with E-state index in [9.17, 15) is 14.1 Å². The van der Waals surface area contributed by atoms with E-state index in [1.54, 1.807) is 6.07 Å². The Balaban J connectivity index is 0.00000261. The monoisotopic (exact) mass is 419 g/mol. The Hall–Kier alpha value is -1.06. The summed E-state index contributed by atoms with van der Waals surface area (Å²) in [6, 6.07) is 3.02. The standard InChI is InChI=1S/C17H20ClN3O4S.Na/c1-21-17(23)12(10-19-21)16(22)11-6-7-13(25-2)15(14(11)18)20-26(24)8-4-3-5-9-26;/h6-7,10,23H,3-5,8-9H2,1-2H3;/q;+1/p-1. The van der Waals surface area contributed by atoms with E-state index in [0.717, 1.165) is 23.9 Å². The van der Waals surface area contributed by atoms with Gasteiger partial charge in [-0.05, 0) is 30.9 Å². The summed E-state index contributed by atoms with van der Waals surface area (Å²) in [6.45, 7) is 0. The molecule has 27 heavy (non-hydrogen) atoms. The molecule has 0 amide bonds. The van der Waals surface area contributed by atoms with Crippen LogP contribution in [0.1, 0.15) is 35.2 Å². The topological polar surface area (TPSA) is 96.6 Å². The molecule has 1 aromatic heterocycles. The van der Waals surface area contributed by atoms with Crippen molar-refractivity contribution in [2.24, 2.45) is 11.4 Å². The third kappa shape index (κ3) is 4.51. The zero-order chi connectivity index (χ0) is 18.9. The molecule has 1 saturated heterocycles. The van der Waals surface area contributed by atoms with Gasteiger partial charge in [0.15, 0.2) is 5.78 Å². The number of hydrogen-bond acceptors (Lipinski definition) is 6. The molecule has 0 N–H and O–H groups in total. The Bertz CT molecular complexity index is 971. The van der Waals surface area contributed by atoms with Gasteiger partial charge in [0, 0.05) is 24.1 Å². The van der Waals surface area contributed by atoms with Crippen molar-refractivity contribution < 1.29 is 48.4 Å². The fourth-order valence-corrected chi connectivity index (χ4v) is 5.44. The van der Waals surface area contributed by atoms with Gasteiger partial charge in [0.1, 0.15) is 11.4 Å². The van der Waals surface area contributed by atoms with Crippen molar-refractivity contribution in [3.05, 3.63) is 34.5 Å². The molecule has 0 aliphatic carbocycles. The zero-order valence-electron chi connectivity index (χ0n) is 15.5. The minimum absolute atomic E-state index is 0. The van der Waals surface area contributed by atoms with Gasteiger partial charge in [0.25, 0.3) is 0 Å². The van der Waals surface area contributed by atoms with Crippen LogP contribution in [-0.2, 0) is 16.8 Å². The van der Waals surface area contributed by atoms with Gasteiger partial charge in [-0.3, -0.25) is 9.48 Å². The second-order valence-corrected chi connectivity index (χ2v) is 9.05. The average molecular weight is 420 g/mol. The van der Waals surface area contributed by atoms with E-state index in [4.69, 9.17) is 16.3 Å². The fraction of sp³-hybridized carbons (Fsp3) is 0.412. The summed E-state index contributed by atoms with van der Waals surface area (Å²) < 4.78 is 23.7. The van der Waals surface area contributed by atoms with Crippen molar-refractivity contribution in [3.8, 4) is 11.6 Å². The molecule has 0 spiro atoms. The van der Waals surface area contributed by atoms with Crippen LogP contribution in [0.15, 0.2) is 22.7 Å². The number of carbonyl (C=O) groups is 1. The SMILES string of the molecule is COc1ccc(C(=O)c2cnn(C)c2[O-])c(Cl)c1N=S1(=O)CCCCC1.[Na+]. The molecule has 2 aromatic rings. The molecule has 1 fully saturated rings. The van der Waals surface area contributed by atoms with E-state index in [-0.39, 0.29) is 51.4 Å². The van der Waals surface area contributed by atoms with Crippen LogP contribution in [0, 0.1) is 0 Å². The number of ether oxygens (including phenoxy) is 1. The summed E-state index contributed by atoms with van der Waals surface area (Å²) in [5.41, 5.74) is 0.228. The number of methoxy groups -OCH3 is 1. The molecular weight excluding hydrogens is 401 g/mol. The maximum Gasteiger partial charge on any atom is 1.00 e. The van der Waals surface area contributed by atoms with Gasteiger partial charge in [-0.25, -0.2) is 4.21 Å². The van der Waals surface area contributed by atoms with Crippen LogP contribution in [0.2, 0.25) is 5.02 Å². The maximum atomic E-state index is 13.0. The molecule has 1 aromatic carbocycles. The summed E-state index contributed by atoms with van der Waals surface area (Å²) in [5, 5.41) is 15.8. The molecule has 3 rings (SSSR count). The van der Waals surface area contributed by atoms with Crippen molar-refractivity contribution in [2.45, 2.75) is 19.3 Å². The minimum atomic E-state index is -2.44. The summed E-state index contributed by atoms with van der Waals surface area (Å²) in [5.74, 6) is 0.286. The number of benzene rings is 1. The Morgan fingerprint density at radius 3 is 2.52 bits per heavy atom. The minimum Gasteiger partial charge on any atom is -0.858 e. The molecule has 0 atom stereocenters. The molecule has 1 aliphatic heterocycles. The molecule has 2 heterocycles. The van der Waals surface area contributed by atoms with Crippen LogP contribution >= 0.6 is 11.6 Å². The van der Waals surface area contributed by atoms with Crippen molar-refractivity contribution in [3.63, 3.8) is 0 Å². The second-order valence-electron chi connectivity index (χ2n) is 6.13. The average Bonchev–Trinajstić information content (AvgIpc) is 2.96. The number of ketones is 1. The number of aryl methyl sites for hydroxylation is 1. The molecule has 10 heteroatoms. The van der Waals surface area contributed by atoms with Gasteiger partial charge < -0.3 is 9.84 Å². The Labute approximate surface area is 185 Å². The largest absolute Gasteiger partial charge is 1.00 e. The molecule has 7 nitrogen and oxygen atoms in total.